The maximum absolute atomic E-state index is 6.20. The topological polar surface area (TPSA) is 49.8 Å². The van der Waals surface area contributed by atoms with Crippen LogP contribution in [-0.2, 0) is 0 Å². The normalized spacial score (nSPS) is 21.1. The summed E-state index contributed by atoms with van der Waals surface area (Å²) in [5.74, 6) is 1.74. The molecule has 0 amide bonds. The maximum atomic E-state index is 6.20. The van der Waals surface area contributed by atoms with E-state index in [1.807, 2.05) is 18.2 Å². The second-order valence-corrected chi connectivity index (χ2v) is 8.00. The minimum absolute atomic E-state index is 0.571. The second-order valence-electron chi connectivity index (χ2n) is 8.00. The largest absolute Gasteiger partial charge is 0.491 e. The Labute approximate surface area is 177 Å². The maximum Gasteiger partial charge on any atom is 0.158 e. The van der Waals surface area contributed by atoms with E-state index in [0.29, 0.717) is 12.6 Å². The first kappa shape index (κ1) is 19.1. The molecule has 1 saturated heterocycles. The minimum atomic E-state index is 0.571. The summed E-state index contributed by atoms with van der Waals surface area (Å²) in [6.45, 7) is 2.60. The molecule has 1 fully saturated rings. The summed E-state index contributed by atoms with van der Waals surface area (Å²) in [5, 5.41) is 4.68. The van der Waals surface area contributed by atoms with Crippen molar-refractivity contribution in [3.05, 3.63) is 72.2 Å². The van der Waals surface area contributed by atoms with Crippen molar-refractivity contribution < 1.29 is 4.74 Å². The molecule has 4 heterocycles. The number of pyridine rings is 1. The quantitative estimate of drug-likeness (QED) is 0.799. The lowest BCUT2D eigenvalue weighted by atomic mass is 10.0. The number of para-hydroxylation sites is 1. The SMILES string of the molecule is C1=CC2=CCCN=C(c3ccc4cccc(OCCC5CCCCN5)c4n3)N2C=C1. The van der Waals surface area contributed by atoms with Crippen LogP contribution in [-0.4, -0.2) is 41.5 Å². The van der Waals surface area contributed by atoms with Gasteiger partial charge in [0.15, 0.2) is 5.84 Å². The van der Waals surface area contributed by atoms with Crippen LogP contribution in [0.2, 0.25) is 0 Å². The number of aliphatic imine (C=N–C) groups is 1. The molecular weight excluding hydrogens is 372 g/mol. The lowest BCUT2D eigenvalue weighted by Gasteiger charge is -2.24. The van der Waals surface area contributed by atoms with Gasteiger partial charge in [-0.25, -0.2) is 4.98 Å². The molecule has 5 rings (SSSR count). The van der Waals surface area contributed by atoms with E-state index in [9.17, 15) is 0 Å². The number of hydrogen-bond donors (Lipinski definition) is 1. The Morgan fingerprint density at radius 1 is 1.13 bits per heavy atom. The Balaban J connectivity index is 1.40. The van der Waals surface area contributed by atoms with E-state index >= 15 is 0 Å². The van der Waals surface area contributed by atoms with Gasteiger partial charge >= 0.3 is 0 Å². The summed E-state index contributed by atoms with van der Waals surface area (Å²) in [7, 11) is 0. The molecule has 2 aromatic rings. The molecule has 154 valence electrons. The third kappa shape index (κ3) is 4.03. The molecule has 0 spiro atoms. The van der Waals surface area contributed by atoms with Gasteiger partial charge in [0.05, 0.1) is 6.61 Å². The molecule has 0 aliphatic carbocycles. The van der Waals surface area contributed by atoms with E-state index in [1.54, 1.807) is 0 Å². The molecule has 1 unspecified atom stereocenters. The number of nitrogens with one attached hydrogen (secondary N) is 1. The molecule has 30 heavy (non-hydrogen) atoms. The van der Waals surface area contributed by atoms with Gasteiger partial charge in [0.2, 0.25) is 0 Å². The van der Waals surface area contributed by atoms with Crippen LogP contribution in [0.4, 0.5) is 0 Å². The summed E-state index contributed by atoms with van der Waals surface area (Å²) >= 11 is 0. The number of benzene rings is 1. The van der Waals surface area contributed by atoms with Crippen LogP contribution >= 0.6 is 0 Å². The zero-order valence-electron chi connectivity index (χ0n) is 17.3. The molecular formula is C25H28N4O. The van der Waals surface area contributed by atoms with E-state index in [4.69, 9.17) is 14.7 Å². The fraction of sp³-hybridized carbons (Fsp3) is 0.360. The third-order valence-corrected chi connectivity index (χ3v) is 5.91. The summed E-state index contributed by atoms with van der Waals surface area (Å²) in [6.07, 6.45) is 16.3. The van der Waals surface area contributed by atoms with Crippen molar-refractivity contribution in [3.63, 3.8) is 0 Å². The van der Waals surface area contributed by atoms with Gasteiger partial charge in [0, 0.05) is 29.9 Å². The highest BCUT2D eigenvalue weighted by molar-refractivity contribution is 6.01. The Bertz CT molecular complexity index is 1030. The Morgan fingerprint density at radius 2 is 2.13 bits per heavy atom. The van der Waals surface area contributed by atoms with Crippen molar-refractivity contribution in [3.8, 4) is 5.75 Å². The number of aromatic nitrogens is 1. The van der Waals surface area contributed by atoms with E-state index < -0.39 is 0 Å². The van der Waals surface area contributed by atoms with Gasteiger partial charge in [-0.15, -0.1) is 0 Å². The standard InChI is InChI=1S/C25H28N4O/c1-3-15-26-20(8-1)14-18-30-23-11-5-7-19-12-13-22(28-24(19)23)25-27-16-6-10-21-9-2-4-17-29(21)25/h2,4-5,7,9-13,17,20,26H,1,3,6,8,14-16,18H2. The van der Waals surface area contributed by atoms with Gasteiger partial charge in [-0.3, -0.25) is 4.99 Å². The van der Waals surface area contributed by atoms with E-state index in [-0.39, 0.29) is 0 Å². The average molecular weight is 401 g/mol. The van der Waals surface area contributed by atoms with Gasteiger partial charge in [-0.2, -0.15) is 0 Å². The molecule has 0 bridgehead atoms. The van der Waals surface area contributed by atoms with Crippen molar-refractivity contribution in [2.75, 3.05) is 19.7 Å². The van der Waals surface area contributed by atoms with Crippen molar-refractivity contribution >= 4 is 16.7 Å². The van der Waals surface area contributed by atoms with Gasteiger partial charge in [0.25, 0.3) is 0 Å². The highest BCUT2D eigenvalue weighted by atomic mass is 16.5. The molecule has 1 atom stereocenters. The number of nitrogens with zero attached hydrogens (tertiary/aromatic N) is 3. The molecule has 1 N–H and O–H groups in total. The minimum Gasteiger partial charge on any atom is -0.491 e. The van der Waals surface area contributed by atoms with Crippen LogP contribution in [0.5, 0.6) is 5.75 Å². The Morgan fingerprint density at radius 3 is 3.07 bits per heavy atom. The summed E-state index contributed by atoms with van der Waals surface area (Å²) in [5.41, 5.74) is 2.93. The molecule has 0 saturated carbocycles. The lowest BCUT2D eigenvalue weighted by Crippen LogP contribution is -2.35. The van der Waals surface area contributed by atoms with Crippen molar-refractivity contribution in [1.82, 2.24) is 15.2 Å². The zero-order valence-corrected chi connectivity index (χ0v) is 17.3. The fourth-order valence-electron chi connectivity index (χ4n) is 4.32. The highest BCUT2D eigenvalue weighted by Gasteiger charge is 2.20. The first-order valence-corrected chi connectivity index (χ1v) is 11.0. The number of fused-ring (bicyclic) bond motifs is 2. The van der Waals surface area contributed by atoms with Crippen LogP contribution in [0, 0.1) is 0 Å². The van der Waals surface area contributed by atoms with Crippen LogP contribution in [0.1, 0.15) is 37.8 Å². The second kappa shape index (κ2) is 8.84. The molecule has 3 aliphatic rings. The monoisotopic (exact) mass is 400 g/mol. The molecule has 5 nitrogen and oxygen atoms in total. The van der Waals surface area contributed by atoms with Crippen LogP contribution in [0.25, 0.3) is 10.9 Å². The van der Waals surface area contributed by atoms with Crippen LogP contribution in [0.15, 0.2) is 71.5 Å². The first-order chi connectivity index (χ1) is 14.9. The highest BCUT2D eigenvalue weighted by Crippen LogP contribution is 2.27. The molecule has 0 radical (unpaired) electrons. The molecule has 3 aliphatic heterocycles. The van der Waals surface area contributed by atoms with E-state index in [1.165, 1.54) is 19.3 Å². The van der Waals surface area contributed by atoms with Gasteiger partial charge in [-0.1, -0.05) is 36.8 Å². The molecule has 5 heteroatoms. The zero-order chi connectivity index (χ0) is 20.2. The third-order valence-electron chi connectivity index (χ3n) is 5.91. The first-order valence-electron chi connectivity index (χ1n) is 11.0. The van der Waals surface area contributed by atoms with Gasteiger partial charge in [0.1, 0.15) is 17.0 Å². The number of hydrogen-bond acceptors (Lipinski definition) is 5. The van der Waals surface area contributed by atoms with Crippen molar-refractivity contribution in [1.29, 1.82) is 0 Å². The van der Waals surface area contributed by atoms with Crippen LogP contribution in [0.3, 0.4) is 0 Å². The predicted molar refractivity (Wildman–Crippen MR) is 122 cm³/mol. The number of rotatable bonds is 5. The summed E-state index contributed by atoms with van der Waals surface area (Å²) in [6, 6.07) is 10.9. The van der Waals surface area contributed by atoms with Gasteiger partial charge in [-0.05, 0) is 56.5 Å². The van der Waals surface area contributed by atoms with Crippen molar-refractivity contribution in [2.24, 2.45) is 4.99 Å². The average Bonchev–Trinajstić information content (AvgIpc) is 3.02. The molecule has 1 aromatic heterocycles. The Hall–Kier alpha value is -2.92. The molecule has 1 aromatic carbocycles. The predicted octanol–water partition coefficient (Wildman–Crippen LogP) is 4.57. The van der Waals surface area contributed by atoms with Gasteiger partial charge < -0.3 is 15.0 Å². The van der Waals surface area contributed by atoms with E-state index in [0.717, 1.165) is 59.8 Å². The Kier molecular flexibility index (Phi) is 5.62. The smallest absolute Gasteiger partial charge is 0.158 e. The number of piperidine rings is 1. The number of amidine groups is 1. The number of ether oxygens (including phenoxy) is 1. The van der Waals surface area contributed by atoms with E-state index in [2.05, 4.69) is 52.8 Å². The fourth-order valence-corrected chi connectivity index (χ4v) is 4.32. The van der Waals surface area contributed by atoms with Crippen molar-refractivity contribution in [2.45, 2.75) is 38.1 Å². The number of allylic oxidation sites excluding steroid dienone is 3. The summed E-state index contributed by atoms with van der Waals surface area (Å²) in [4.78, 5) is 12.0. The summed E-state index contributed by atoms with van der Waals surface area (Å²) < 4.78 is 6.20. The van der Waals surface area contributed by atoms with Crippen LogP contribution < -0.4 is 10.1 Å². The lowest BCUT2D eigenvalue weighted by molar-refractivity contribution is 0.270.